The molecule has 0 saturated carbocycles. The van der Waals surface area contributed by atoms with Gasteiger partial charge in [-0.05, 0) is 60.8 Å². The van der Waals surface area contributed by atoms with Crippen LogP contribution in [0.3, 0.4) is 0 Å². The van der Waals surface area contributed by atoms with Crippen molar-refractivity contribution in [2.24, 2.45) is 0 Å². The maximum absolute atomic E-state index is 11.7. The molecule has 0 radical (unpaired) electrons. The summed E-state index contributed by atoms with van der Waals surface area (Å²) in [6, 6.07) is 10.2. The molecule has 0 amide bonds. The molecule has 86 valence electrons. The lowest BCUT2D eigenvalue weighted by atomic mass is 9.91. The van der Waals surface area contributed by atoms with Crippen molar-refractivity contribution in [3.63, 3.8) is 0 Å². The Morgan fingerprint density at radius 2 is 1.47 bits per heavy atom. The van der Waals surface area contributed by atoms with Gasteiger partial charge in [-0.2, -0.15) is 0 Å². The zero-order valence-electron chi connectivity index (χ0n) is 10.4. The first-order valence-electron chi connectivity index (χ1n) is 5.77. The van der Waals surface area contributed by atoms with Gasteiger partial charge in [-0.25, -0.2) is 0 Å². The Labute approximate surface area is 102 Å². The van der Waals surface area contributed by atoms with Crippen LogP contribution >= 0.6 is 0 Å². The second-order valence-corrected chi connectivity index (χ2v) is 4.43. The van der Waals surface area contributed by atoms with Gasteiger partial charge >= 0.3 is 0 Å². The van der Waals surface area contributed by atoms with E-state index in [1.165, 1.54) is 11.1 Å². The number of carbonyl (C=O) groups excluding carboxylic acids is 1. The van der Waals surface area contributed by atoms with E-state index in [-0.39, 0.29) is 5.78 Å². The van der Waals surface area contributed by atoms with E-state index in [0.717, 1.165) is 16.7 Å². The highest BCUT2D eigenvalue weighted by Gasteiger charge is 2.14. The Kier molecular flexibility index (Phi) is 3.10. The Morgan fingerprint density at radius 1 is 0.941 bits per heavy atom. The van der Waals surface area contributed by atoms with E-state index in [2.05, 4.69) is 19.1 Å². The van der Waals surface area contributed by atoms with E-state index in [9.17, 15) is 4.79 Å². The van der Waals surface area contributed by atoms with Crippen LogP contribution in [0, 0.1) is 0 Å². The standard InChI is InChI=1S/C16H16O/c1-11-9-15(10-12(2)16(11)17)13(3)14-7-5-4-6-8-14/h4-10H,1-3H3. The second kappa shape index (κ2) is 4.54. The smallest absolute Gasteiger partial charge is 0.184 e. The predicted molar refractivity (Wildman–Crippen MR) is 71.6 cm³/mol. The highest BCUT2D eigenvalue weighted by Crippen LogP contribution is 2.26. The number of hydrogen-bond donors (Lipinski definition) is 0. The largest absolute Gasteiger partial charge is 0.289 e. The molecule has 0 fully saturated rings. The fraction of sp³-hybridized carbons (Fsp3) is 0.188. The molecule has 0 aliphatic heterocycles. The number of rotatable bonds is 1. The molecule has 1 aliphatic carbocycles. The molecule has 1 aliphatic rings. The lowest BCUT2D eigenvalue weighted by Crippen LogP contribution is -2.06. The third kappa shape index (κ3) is 2.28. The Balaban J connectivity index is 2.50. The van der Waals surface area contributed by atoms with Crippen LogP contribution < -0.4 is 0 Å². The SMILES string of the molecule is CC1=CC(=C(C)c2ccccc2)C=C(C)C1=O. The normalized spacial score (nSPS) is 15.5. The van der Waals surface area contributed by atoms with Crippen molar-refractivity contribution >= 4 is 11.4 Å². The van der Waals surface area contributed by atoms with Crippen LogP contribution in [0.1, 0.15) is 26.3 Å². The Bertz CT molecular complexity index is 518. The number of benzene rings is 1. The van der Waals surface area contributed by atoms with E-state index in [0.29, 0.717) is 0 Å². The van der Waals surface area contributed by atoms with Gasteiger partial charge < -0.3 is 0 Å². The summed E-state index contributed by atoms with van der Waals surface area (Å²) in [6.45, 7) is 5.84. The summed E-state index contributed by atoms with van der Waals surface area (Å²) in [6.07, 6.45) is 3.94. The fourth-order valence-corrected chi connectivity index (χ4v) is 2.02. The topological polar surface area (TPSA) is 17.1 Å². The minimum Gasteiger partial charge on any atom is -0.289 e. The summed E-state index contributed by atoms with van der Waals surface area (Å²) in [7, 11) is 0. The molecule has 0 atom stereocenters. The minimum atomic E-state index is 0.148. The summed E-state index contributed by atoms with van der Waals surface area (Å²) in [5.41, 5.74) is 5.16. The summed E-state index contributed by atoms with van der Waals surface area (Å²) in [5.74, 6) is 0.148. The van der Waals surface area contributed by atoms with Gasteiger partial charge in [0.15, 0.2) is 5.78 Å². The second-order valence-electron chi connectivity index (χ2n) is 4.43. The van der Waals surface area contributed by atoms with Gasteiger partial charge in [-0.3, -0.25) is 4.79 Å². The molecular weight excluding hydrogens is 208 g/mol. The van der Waals surface area contributed by atoms with Crippen molar-refractivity contribution in [2.75, 3.05) is 0 Å². The fourth-order valence-electron chi connectivity index (χ4n) is 2.02. The molecule has 0 saturated heterocycles. The highest BCUT2D eigenvalue weighted by atomic mass is 16.1. The number of hydrogen-bond acceptors (Lipinski definition) is 1. The molecule has 1 heteroatoms. The summed E-state index contributed by atoms with van der Waals surface area (Å²) >= 11 is 0. The molecule has 0 bridgehead atoms. The van der Waals surface area contributed by atoms with Gasteiger partial charge in [0, 0.05) is 0 Å². The lowest BCUT2D eigenvalue weighted by Gasteiger charge is -2.13. The molecular formula is C16H16O. The minimum absolute atomic E-state index is 0.148. The van der Waals surface area contributed by atoms with Crippen LogP contribution in [-0.2, 0) is 4.79 Å². The predicted octanol–water partition coefficient (Wildman–Crippen LogP) is 3.94. The van der Waals surface area contributed by atoms with Crippen molar-refractivity contribution in [2.45, 2.75) is 20.8 Å². The molecule has 1 aromatic carbocycles. The summed E-state index contributed by atoms with van der Waals surface area (Å²) < 4.78 is 0. The Morgan fingerprint density at radius 3 is 2.00 bits per heavy atom. The maximum Gasteiger partial charge on any atom is 0.184 e. The molecule has 1 aromatic rings. The maximum atomic E-state index is 11.7. The number of ketones is 1. The van der Waals surface area contributed by atoms with Crippen molar-refractivity contribution in [1.29, 1.82) is 0 Å². The molecule has 2 rings (SSSR count). The molecule has 17 heavy (non-hydrogen) atoms. The average molecular weight is 224 g/mol. The first-order chi connectivity index (χ1) is 8.09. The van der Waals surface area contributed by atoms with E-state index in [1.807, 2.05) is 44.2 Å². The zero-order valence-corrected chi connectivity index (χ0v) is 10.4. The van der Waals surface area contributed by atoms with E-state index in [1.54, 1.807) is 0 Å². The van der Waals surface area contributed by atoms with Crippen LogP contribution in [0.2, 0.25) is 0 Å². The summed E-state index contributed by atoms with van der Waals surface area (Å²) in [5, 5.41) is 0. The van der Waals surface area contributed by atoms with Crippen molar-refractivity contribution in [1.82, 2.24) is 0 Å². The molecule has 0 N–H and O–H groups in total. The van der Waals surface area contributed by atoms with Crippen LogP contribution in [0.25, 0.3) is 5.57 Å². The van der Waals surface area contributed by atoms with Crippen LogP contribution in [0.15, 0.2) is 59.2 Å². The molecule has 0 unspecified atom stereocenters. The van der Waals surface area contributed by atoms with Gasteiger partial charge in [0.2, 0.25) is 0 Å². The van der Waals surface area contributed by atoms with Crippen LogP contribution in [0.4, 0.5) is 0 Å². The van der Waals surface area contributed by atoms with Gasteiger partial charge in [0.05, 0.1) is 0 Å². The Hall–Kier alpha value is -1.89. The highest BCUT2D eigenvalue weighted by molar-refractivity contribution is 6.10. The number of allylic oxidation sites excluding steroid dienone is 6. The van der Waals surface area contributed by atoms with Crippen molar-refractivity contribution in [3.8, 4) is 0 Å². The van der Waals surface area contributed by atoms with Crippen molar-refractivity contribution in [3.05, 3.63) is 64.8 Å². The third-order valence-electron chi connectivity index (χ3n) is 3.10. The van der Waals surface area contributed by atoms with Gasteiger partial charge in [0.1, 0.15) is 0 Å². The monoisotopic (exact) mass is 224 g/mol. The van der Waals surface area contributed by atoms with Gasteiger partial charge in [0.25, 0.3) is 0 Å². The first-order valence-corrected chi connectivity index (χ1v) is 5.77. The lowest BCUT2D eigenvalue weighted by molar-refractivity contribution is -0.112. The van der Waals surface area contributed by atoms with Crippen LogP contribution in [0.5, 0.6) is 0 Å². The van der Waals surface area contributed by atoms with Gasteiger partial charge in [-0.15, -0.1) is 0 Å². The summed E-state index contributed by atoms with van der Waals surface area (Å²) in [4.78, 5) is 11.7. The third-order valence-corrected chi connectivity index (χ3v) is 3.10. The van der Waals surface area contributed by atoms with Crippen LogP contribution in [-0.4, -0.2) is 5.78 Å². The molecule has 1 nitrogen and oxygen atoms in total. The molecule has 0 aromatic heterocycles. The van der Waals surface area contributed by atoms with Gasteiger partial charge in [-0.1, -0.05) is 30.3 Å². The average Bonchev–Trinajstić information content (AvgIpc) is 2.35. The van der Waals surface area contributed by atoms with E-state index < -0.39 is 0 Å². The van der Waals surface area contributed by atoms with Crippen molar-refractivity contribution < 1.29 is 4.79 Å². The number of Topliss-reactive ketones (excluding diaryl/α,β-unsaturated/α-hetero) is 1. The molecule has 0 heterocycles. The van der Waals surface area contributed by atoms with E-state index in [4.69, 9.17) is 0 Å². The first kappa shape index (κ1) is 11.6. The number of carbonyl (C=O) groups is 1. The van der Waals surface area contributed by atoms with E-state index >= 15 is 0 Å². The molecule has 0 spiro atoms. The zero-order chi connectivity index (χ0) is 12.4. The quantitative estimate of drug-likeness (QED) is 0.706.